The van der Waals surface area contributed by atoms with E-state index >= 15 is 0 Å². The van der Waals surface area contributed by atoms with Crippen molar-refractivity contribution in [1.29, 1.82) is 0 Å². The Morgan fingerprint density at radius 3 is 2.45 bits per heavy atom. The lowest BCUT2D eigenvalue weighted by atomic mass is 9.73. The maximum atomic E-state index is 12.8. The van der Waals surface area contributed by atoms with Crippen molar-refractivity contribution in [3.05, 3.63) is 74.2 Å². The van der Waals surface area contributed by atoms with Crippen LogP contribution in [-0.4, -0.2) is 35.0 Å². The molecule has 31 heavy (non-hydrogen) atoms. The number of aliphatic carboxylic acids is 1. The zero-order chi connectivity index (χ0) is 22.2. The second-order valence-corrected chi connectivity index (χ2v) is 9.48. The molecule has 1 unspecified atom stereocenters. The van der Waals surface area contributed by atoms with Crippen LogP contribution in [0.3, 0.4) is 0 Å². The van der Waals surface area contributed by atoms with Gasteiger partial charge in [-0.1, -0.05) is 59.1 Å². The molecule has 1 fully saturated rings. The van der Waals surface area contributed by atoms with E-state index in [2.05, 4.69) is 0 Å². The smallest absolute Gasteiger partial charge is 0.303 e. The molecule has 0 radical (unpaired) electrons. The van der Waals surface area contributed by atoms with Gasteiger partial charge in [-0.05, 0) is 60.1 Å². The van der Waals surface area contributed by atoms with E-state index in [1.54, 1.807) is 18.2 Å². The number of benzene rings is 2. The number of carboxylic acids is 1. The van der Waals surface area contributed by atoms with E-state index in [1.807, 2.05) is 29.2 Å². The molecule has 2 aromatic rings. The molecule has 1 aliphatic carbocycles. The highest BCUT2D eigenvalue weighted by molar-refractivity contribution is 6.42. The summed E-state index contributed by atoms with van der Waals surface area (Å²) >= 11 is 18.8. The van der Waals surface area contributed by atoms with Crippen LogP contribution in [0.5, 0.6) is 0 Å². The molecular weight excluding hydrogens is 457 g/mol. The number of fused-ring (bicyclic) bond motifs is 2. The van der Waals surface area contributed by atoms with E-state index in [1.165, 1.54) is 6.08 Å². The average molecular weight is 479 g/mol. The number of carbonyl (C=O) groups is 2. The van der Waals surface area contributed by atoms with Crippen LogP contribution in [0.25, 0.3) is 6.08 Å². The lowest BCUT2D eigenvalue weighted by Gasteiger charge is -2.40. The summed E-state index contributed by atoms with van der Waals surface area (Å²) in [5, 5.41) is 10.9. The van der Waals surface area contributed by atoms with Gasteiger partial charge in [0.2, 0.25) is 5.91 Å². The summed E-state index contributed by atoms with van der Waals surface area (Å²) in [5.41, 5.74) is 2.65. The molecule has 1 N–H and O–H groups in total. The Morgan fingerprint density at radius 1 is 1.06 bits per heavy atom. The van der Waals surface area contributed by atoms with Crippen molar-refractivity contribution >= 4 is 52.8 Å². The molecule has 162 valence electrons. The van der Waals surface area contributed by atoms with Crippen molar-refractivity contribution in [2.45, 2.75) is 37.0 Å². The third-order valence-electron chi connectivity index (χ3n) is 6.49. The van der Waals surface area contributed by atoms with Gasteiger partial charge in [-0.2, -0.15) is 0 Å². The second-order valence-electron chi connectivity index (χ2n) is 8.28. The molecule has 4 rings (SSSR count). The van der Waals surface area contributed by atoms with E-state index in [-0.39, 0.29) is 23.7 Å². The minimum Gasteiger partial charge on any atom is -0.481 e. The molecule has 1 spiro atoms. The number of carbonyl (C=O) groups excluding carboxylic acids is 1. The third-order valence-corrected chi connectivity index (χ3v) is 7.64. The van der Waals surface area contributed by atoms with Crippen LogP contribution in [0, 0.1) is 0 Å². The molecule has 0 aromatic heterocycles. The Morgan fingerprint density at radius 2 is 1.74 bits per heavy atom. The fraction of sp³-hybridized carbons (Fsp3) is 0.333. The number of halogens is 3. The highest BCUT2D eigenvalue weighted by Gasteiger charge is 2.47. The molecule has 0 bridgehead atoms. The number of piperidine rings is 1. The summed E-state index contributed by atoms with van der Waals surface area (Å²) < 4.78 is 0. The quantitative estimate of drug-likeness (QED) is 0.534. The molecule has 1 saturated heterocycles. The van der Waals surface area contributed by atoms with Crippen LogP contribution in [0.1, 0.15) is 48.3 Å². The normalized spacial score (nSPS) is 19.7. The Balaban J connectivity index is 1.49. The van der Waals surface area contributed by atoms with Gasteiger partial charge in [0, 0.05) is 29.6 Å². The second kappa shape index (κ2) is 8.85. The van der Waals surface area contributed by atoms with E-state index in [0.29, 0.717) is 33.7 Å². The van der Waals surface area contributed by atoms with Gasteiger partial charge in [-0.3, -0.25) is 9.59 Å². The number of carboxylic acid groups (broad SMARTS) is 1. The van der Waals surface area contributed by atoms with Crippen LogP contribution in [0.15, 0.2) is 42.5 Å². The van der Waals surface area contributed by atoms with Crippen molar-refractivity contribution < 1.29 is 14.7 Å². The molecule has 1 amide bonds. The largest absolute Gasteiger partial charge is 0.481 e. The first-order chi connectivity index (χ1) is 14.8. The first-order valence-corrected chi connectivity index (χ1v) is 11.4. The van der Waals surface area contributed by atoms with Gasteiger partial charge >= 0.3 is 5.97 Å². The molecule has 4 nitrogen and oxygen atoms in total. The average Bonchev–Trinajstić information content (AvgIpc) is 3.03. The summed E-state index contributed by atoms with van der Waals surface area (Å²) in [6, 6.07) is 11.1. The maximum Gasteiger partial charge on any atom is 0.303 e. The van der Waals surface area contributed by atoms with Gasteiger partial charge in [-0.25, -0.2) is 0 Å². The van der Waals surface area contributed by atoms with Crippen molar-refractivity contribution in [1.82, 2.24) is 4.90 Å². The fourth-order valence-electron chi connectivity index (χ4n) is 5.04. The predicted molar refractivity (Wildman–Crippen MR) is 124 cm³/mol. The van der Waals surface area contributed by atoms with Crippen LogP contribution in [-0.2, 0) is 15.0 Å². The first-order valence-electron chi connectivity index (χ1n) is 10.2. The Hall–Kier alpha value is -2.01. The van der Waals surface area contributed by atoms with Gasteiger partial charge in [0.1, 0.15) is 0 Å². The van der Waals surface area contributed by atoms with Gasteiger partial charge in [0.25, 0.3) is 0 Å². The van der Waals surface area contributed by atoms with Gasteiger partial charge in [0.15, 0.2) is 0 Å². The van der Waals surface area contributed by atoms with Crippen molar-refractivity contribution in [2.75, 3.05) is 13.1 Å². The summed E-state index contributed by atoms with van der Waals surface area (Å²) in [5.74, 6) is -0.922. The number of likely N-dealkylation sites (tertiary alicyclic amines) is 1. The summed E-state index contributed by atoms with van der Waals surface area (Å²) in [7, 11) is 0. The van der Waals surface area contributed by atoms with Crippen LogP contribution >= 0.6 is 34.8 Å². The number of nitrogens with zero attached hydrogens (tertiary/aromatic N) is 1. The van der Waals surface area contributed by atoms with E-state index in [0.717, 1.165) is 30.4 Å². The van der Waals surface area contributed by atoms with Gasteiger partial charge in [-0.15, -0.1) is 0 Å². The molecule has 1 heterocycles. The summed E-state index contributed by atoms with van der Waals surface area (Å²) in [6.07, 6.45) is 5.59. The zero-order valence-electron chi connectivity index (χ0n) is 16.8. The highest BCUT2D eigenvalue weighted by atomic mass is 35.5. The highest BCUT2D eigenvalue weighted by Crippen LogP contribution is 2.54. The maximum absolute atomic E-state index is 12.8. The lowest BCUT2D eigenvalue weighted by molar-refractivity contribution is -0.137. The standard InChI is InChI=1S/C24H22Cl3NO3/c25-18-5-2-4-17-16(13-21(30)31)14-24(22(17)18)9-11-28(12-10-24)20(29)8-7-15-3-1-6-19(26)23(15)27/h1-8,16H,9-14H2,(H,30,31). The molecule has 1 aliphatic heterocycles. The lowest BCUT2D eigenvalue weighted by Crippen LogP contribution is -2.44. The molecule has 0 saturated carbocycles. The minimum atomic E-state index is -0.801. The monoisotopic (exact) mass is 477 g/mol. The Kier molecular flexibility index (Phi) is 6.34. The number of amides is 1. The van der Waals surface area contributed by atoms with E-state index in [4.69, 9.17) is 34.8 Å². The number of hydrogen-bond acceptors (Lipinski definition) is 2. The molecule has 2 aromatic carbocycles. The Bertz CT molecular complexity index is 1060. The first kappa shape index (κ1) is 22.2. The molecule has 1 atom stereocenters. The van der Waals surface area contributed by atoms with Gasteiger partial charge in [0.05, 0.1) is 16.5 Å². The summed E-state index contributed by atoms with van der Waals surface area (Å²) in [6.45, 7) is 1.19. The Labute approximate surface area is 196 Å². The SMILES string of the molecule is O=C(O)CC1CC2(CCN(C(=O)C=Cc3cccc(Cl)c3Cl)CC2)c2c(Cl)cccc21. The van der Waals surface area contributed by atoms with Crippen molar-refractivity contribution in [3.63, 3.8) is 0 Å². The topological polar surface area (TPSA) is 57.6 Å². The molecule has 7 heteroatoms. The number of rotatable bonds is 4. The van der Waals surface area contributed by atoms with Crippen molar-refractivity contribution in [3.8, 4) is 0 Å². The van der Waals surface area contributed by atoms with Crippen LogP contribution < -0.4 is 0 Å². The predicted octanol–water partition coefficient (Wildman–Crippen LogP) is 6.18. The van der Waals surface area contributed by atoms with Crippen LogP contribution in [0.2, 0.25) is 15.1 Å². The third kappa shape index (κ3) is 4.34. The fourth-order valence-corrected chi connectivity index (χ4v) is 5.80. The van der Waals surface area contributed by atoms with E-state index < -0.39 is 5.97 Å². The number of hydrogen-bond donors (Lipinski definition) is 1. The summed E-state index contributed by atoms with van der Waals surface area (Å²) in [4.78, 5) is 26.0. The molecule has 2 aliphatic rings. The van der Waals surface area contributed by atoms with Crippen LogP contribution in [0.4, 0.5) is 0 Å². The minimum absolute atomic E-state index is 0.0432. The van der Waals surface area contributed by atoms with E-state index in [9.17, 15) is 14.7 Å². The molecular formula is C24H22Cl3NO3. The van der Waals surface area contributed by atoms with Crippen molar-refractivity contribution in [2.24, 2.45) is 0 Å². The zero-order valence-corrected chi connectivity index (χ0v) is 19.1. The van der Waals surface area contributed by atoms with Gasteiger partial charge < -0.3 is 10.0 Å².